The summed E-state index contributed by atoms with van der Waals surface area (Å²) in [6.45, 7) is 1.07. The van der Waals surface area contributed by atoms with E-state index < -0.39 is 5.97 Å². The highest BCUT2D eigenvalue weighted by molar-refractivity contribution is 5.92. The minimum absolute atomic E-state index is 0.0369. The van der Waals surface area contributed by atoms with E-state index in [4.69, 9.17) is 9.84 Å². The highest BCUT2D eigenvalue weighted by Gasteiger charge is 2.47. The van der Waals surface area contributed by atoms with Crippen LogP contribution in [0.1, 0.15) is 38.5 Å². The number of unbranched alkanes of at least 4 members (excludes halogenated alkanes) is 1. The molecule has 2 bridgehead atoms. The zero-order valence-electron chi connectivity index (χ0n) is 16.2. The van der Waals surface area contributed by atoms with Gasteiger partial charge in [0.25, 0.3) is 0 Å². The molecule has 0 radical (unpaired) electrons. The number of carboxylic acids is 1. The molecule has 0 spiro atoms. The van der Waals surface area contributed by atoms with Crippen molar-refractivity contribution in [3.8, 4) is 0 Å². The average molecular weight is 386 g/mol. The number of hydrogen-bond acceptors (Lipinski definition) is 4. The number of rotatable bonds is 11. The lowest BCUT2D eigenvalue weighted by Crippen LogP contribution is -2.38. The standard InChI is InChI=1S/C22H30N2O4/c25-21(24-16-8-4-3-5-9-16)15-23-14-18-17(19-12-13-20(18)28-19)10-6-1-2-7-11-22(26)27/h1,3-6,8-9,17-20,23H,2,7,10-15H2,(H,24,25)(H,26,27)/t17-,18-,19-,20+/m1/s1. The molecule has 2 heterocycles. The van der Waals surface area contributed by atoms with E-state index in [1.807, 2.05) is 30.3 Å². The van der Waals surface area contributed by atoms with Crippen LogP contribution in [-0.4, -0.2) is 42.3 Å². The smallest absolute Gasteiger partial charge is 0.303 e. The molecule has 2 aliphatic heterocycles. The number of nitrogens with one attached hydrogen (secondary N) is 2. The minimum atomic E-state index is -0.739. The summed E-state index contributed by atoms with van der Waals surface area (Å²) >= 11 is 0. The Labute approximate surface area is 166 Å². The van der Waals surface area contributed by atoms with E-state index in [0.29, 0.717) is 37.0 Å². The van der Waals surface area contributed by atoms with Crippen LogP contribution < -0.4 is 10.6 Å². The van der Waals surface area contributed by atoms with Crippen LogP contribution in [0.3, 0.4) is 0 Å². The SMILES string of the molecule is O=C(O)CCCC=CC[C@@H]1[C@@H](CNCC(=O)Nc2ccccc2)[C@@H]2CC[C@H]1O2. The number of carbonyl (C=O) groups excluding carboxylic acids is 1. The van der Waals surface area contributed by atoms with Crippen molar-refractivity contribution in [2.24, 2.45) is 11.8 Å². The highest BCUT2D eigenvalue weighted by atomic mass is 16.5. The van der Waals surface area contributed by atoms with Crippen LogP contribution in [0, 0.1) is 11.8 Å². The van der Waals surface area contributed by atoms with E-state index in [1.165, 1.54) is 0 Å². The topological polar surface area (TPSA) is 87.7 Å². The van der Waals surface area contributed by atoms with Crippen molar-refractivity contribution in [3.63, 3.8) is 0 Å². The van der Waals surface area contributed by atoms with Crippen molar-refractivity contribution in [2.75, 3.05) is 18.4 Å². The summed E-state index contributed by atoms with van der Waals surface area (Å²) in [4.78, 5) is 22.6. The van der Waals surface area contributed by atoms with Crippen LogP contribution in [0.5, 0.6) is 0 Å². The fraction of sp³-hybridized carbons (Fsp3) is 0.545. The summed E-state index contributed by atoms with van der Waals surface area (Å²) in [6, 6.07) is 9.47. The maximum Gasteiger partial charge on any atom is 0.303 e. The number of carboxylic acid groups (broad SMARTS) is 1. The maximum absolute atomic E-state index is 12.1. The first-order chi connectivity index (χ1) is 13.6. The summed E-state index contributed by atoms with van der Waals surface area (Å²) in [5.41, 5.74) is 0.809. The van der Waals surface area contributed by atoms with Gasteiger partial charge in [-0.1, -0.05) is 30.4 Å². The number of benzene rings is 1. The van der Waals surface area contributed by atoms with Gasteiger partial charge in [-0.05, 0) is 50.2 Å². The van der Waals surface area contributed by atoms with Crippen LogP contribution in [0.4, 0.5) is 5.69 Å². The molecule has 6 heteroatoms. The first-order valence-corrected chi connectivity index (χ1v) is 10.2. The van der Waals surface area contributed by atoms with Gasteiger partial charge in [-0.3, -0.25) is 9.59 Å². The molecule has 0 saturated carbocycles. The number of anilines is 1. The quantitative estimate of drug-likeness (QED) is 0.401. The Kier molecular flexibility index (Phi) is 7.62. The number of allylic oxidation sites excluding steroid dienone is 2. The van der Waals surface area contributed by atoms with Crippen LogP contribution in [0.15, 0.2) is 42.5 Å². The predicted molar refractivity (Wildman–Crippen MR) is 108 cm³/mol. The molecular weight excluding hydrogens is 356 g/mol. The zero-order chi connectivity index (χ0) is 19.8. The van der Waals surface area contributed by atoms with Gasteiger partial charge in [-0.2, -0.15) is 0 Å². The lowest BCUT2D eigenvalue weighted by molar-refractivity contribution is -0.137. The van der Waals surface area contributed by atoms with E-state index in [-0.39, 0.29) is 12.3 Å². The van der Waals surface area contributed by atoms with Crippen LogP contribution >= 0.6 is 0 Å². The molecule has 6 nitrogen and oxygen atoms in total. The van der Waals surface area contributed by atoms with Gasteiger partial charge >= 0.3 is 5.97 Å². The van der Waals surface area contributed by atoms with Gasteiger partial charge in [0.05, 0.1) is 18.8 Å². The monoisotopic (exact) mass is 386 g/mol. The molecule has 2 fully saturated rings. The molecule has 2 aliphatic rings. The highest BCUT2D eigenvalue weighted by Crippen LogP contribution is 2.44. The second-order valence-electron chi connectivity index (χ2n) is 7.66. The summed E-state index contributed by atoms with van der Waals surface area (Å²) < 4.78 is 6.11. The Morgan fingerprint density at radius 2 is 1.86 bits per heavy atom. The molecule has 1 aromatic carbocycles. The normalized spacial score (nSPS) is 26.0. The van der Waals surface area contributed by atoms with E-state index in [0.717, 1.165) is 37.9 Å². The minimum Gasteiger partial charge on any atom is -0.481 e. The van der Waals surface area contributed by atoms with Crippen molar-refractivity contribution in [1.29, 1.82) is 0 Å². The Balaban J connectivity index is 1.40. The molecule has 3 rings (SSSR count). The maximum atomic E-state index is 12.1. The molecular formula is C22H30N2O4. The summed E-state index contributed by atoms with van der Waals surface area (Å²) in [5.74, 6) is 0.119. The third kappa shape index (κ3) is 5.91. The third-order valence-electron chi connectivity index (χ3n) is 5.65. The molecule has 1 aromatic rings. The molecule has 0 unspecified atom stereocenters. The fourth-order valence-electron chi connectivity index (χ4n) is 4.30. The Morgan fingerprint density at radius 1 is 1.11 bits per heavy atom. The van der Waals surface area contributed by atoms with Gasteiger partial charge < -0.3 is 20.5 Å². The molecule has 152 valence electrons. The molecule has 2 saturated heterocycles. The Bertz CT molecular complexity index is 676. The van der Waals surface area contributed by atoms with Gasteiger partial charge in [-0.15, -0.1) is 0 Å². The lowest BCUT2D eigenvalue weighted by atomic mass is 9.77. The molecule has 0 aromatic heterocycles. The fourth-order valence-corrected chi connectivity index (χ4v) is 4.30. The van der Waals surface area contributed by atoms with Crippen molar-refractivity contribution in [3.05, 3.63) is 42.5 Å². The van der Waals surface area contributed by atoms with Gasteiger partial charge in [0.15, 0.2) is 0 Å². The van der Waals surface area contributed by atoms with E-state index in [2.05, 4.69) is 22.8 Å². The van der Waals surface area contributed by atoms with Gasteiger partial charge in [-0.25, -0.2) is 0 Å². The van der Waals surface area contributed by atoms with Crippen LogP contribution in [0.25, 0.3) is 0 Å². The lowest BCUT2D eigenvalue weighted by Gasteiger charge is -2.27. The summed E-state index contributed by atoms with van der Waals surface area (Å²) in [6.07, 6.45) is 9.75. The van der Waals surface area contributed by atoms with E-state index in [1.54, 1.807) is 0 Å². The van der Waals surface area contributed by atoms with Gasteiger partial charge in [0.2, 0.25) is 5.91 Å². The number of amides is 1. The number of hydrogen-bond donors (Lipinski definition) is 3. The largest absolute Gasteiger partial charge is 0.481 e. The van der Waals surface area contributed by atoms with Gasteiger partial charge in [0, 0.05) is 24.6 Å². The Hall–Kier alpha value is -2.18. The number of fused-ring (bicyclic) bond motifs is 2. The first kappa shape index (κ1) is 20.6. The second kappa shape index (κ2) is 10.4. The van der Waals surface area contributed by atoms with E-state index in [9.17, 15) is 9.59 Å². The van der Waals surface area contributed by atoms with Crippen molar-refractivity contribution >= 4 is 17.6 Å². The van der Waals surface area contributed by atoms with Crippen LogP contribution in [-0.2, 0) is 14.3 Å². The zero-order valence-corrected chi connectivity index (χ0v) is 16.2. The summed E-state index contributed by atoms with van der Waals surface area (Å²) in [7, 11) is 0. The first-order valence-electron chi connectivity index (χ1n) is 10.2. The van der Waals surface area contributed by atoms with Crippen molar-refractivity contribution < 1.29 is 19.4 Å². The van der Waals surface area contributed by atoms with Crippen LogP contribution in [0.2, 0.25) is 0 Å². The van der Waals surface area contributed by atoms with Gasteiger partial charge in [0.1, 0.15) is 0 Å². The number of aliphatic carboxylic acids is 1. The van der Waals surface area contributed by atoms with E-state index >= 15 is 0 Å². The average Bonchev–Trinajstić information content (AvgIpc) is 3.27. The van der Waals surface area contributed by atoms with Crippen molar-refractivity contribution in [2.45, 2.75) is 50.7 Å². The second-order valence-corrected chi connectivity index (χ2v) is 7.66. The van der Waals surface area contributed by atoms with Crippen molar-refractivity contribution in [1.82, 2.24) is 5.32 Å². The third-order valence-corrected chi connectivity index (χ3v) is 5.65. The Morgan fingerprint density at radius 3 is 2.61 bits per heavy atom. The number of ether oxygens (including phenoxy) is 1. The number of para-hydroxylation sites is 1. The predicted octanol–water partition coefficient (Wildman–Crippen LogP) is 3.21. The molecule has 0 aliphatic carbocycles. The summed E-state index contributed by atoms with van der Waals surface area (Å²) in [5, 5.41) is 14.9. The molecule has 4 atom stereocenters. The molecule has 28 heavy (non-hydrogen) atoms. The molecule has 1 amide bonds. The molecule has 3 N–H and O–H groups in total. The number of carbonyl (C=O) groups is 2.